The second-order valence-corrected chi connectivity index (χ2v) is 6.55. The number of nitrogens with one attached hydrogen (secondary N) is 1. The molecule has 1 atom stereocenters. The average Bonchev–Trinajstić information content (AvgIpc) is 2.95. The molecule has 0 aliphatic carbocycles. The predicted octanol–water partition coefficient (Wildman–Crippen LogP) is 2.99. The van der Waals surface area contributed by atoms with Gasteiger partial charge in [0, 0.05) is 24.8 Å². The predicted molar refractivity (Wildman–Crippen MR) is 99.5 cm³/mol. The third-order valence-corrected chi connectivity index (χ3v) is 4.61. The van der Waals surface area contributed by atoms with E-state index in [2.05, 4.69) is 46.5 Å². The van der Waals surface area contributed by atoms with Gasteiger partial charge in [0.15, 0.2) is 0 Å². The molecule has 25 heavy (non-hydrogen) atoms. The van der Waals surface area contributed by atoms with E-state index in [-0.39, 0.29) is 11.9 Å². The van der Waals surface area contributed by atoms with E-state index in [1.165, 1.54) is 5.56 Å². The van der Waals surface area contributed by atoms with Crippen LogP contribution in [0.3, 0.4) is 0 Å². The van der Waals surface area contributed by atoms with Crippen LogP contribution < -0.4 is 5.32 Å². The van der Waals surface area contributed by atoms with Crippen LogP contribution in [0, 0.1) is 6.92 Å². The molecule has 5 nitrogen and oxygen atoms in total. The fourth-order valence-corrected chi connectivity index (χ4v) is 3.28. The largest absolute Gasteiger partial charge is 0.358 e. The van der Waals surface area contributed by atoms with E-state index in [0.717, 1.165) is 56.1 Å². The third-order valence-electron chi connectivity index (χ3n) is 4.61. The van der Waals surface area contributed by atoms with Crippen LogP contribution >= 0.6 is 0 Å². The van der Waals surface area contributed by atoms with E-state index in [1.807, 2.05) is 24.0 Å². The molecule has 1 aliphatic heterocycles. The summed E-state index contributed by atoms with van der Waals surface area (Å²) < 4.78 is 0. The molecule has 1 N–H and O–H groups in total. The molecule has 2 aromatic rings. The van der Waals surface area contributed by atoms with E-state index < -0.39 is 0 Å². The first-order valence-corrected chi connectivity index (χ1v) is 9.09. The van der Waals surface area contributed by atoms with Gasteiger partial charge in [0.25, 0.3) is 0 Å². The number of aryl methyl sites for hydroxylation is 3. The summed E-state index contributed by atoms with van der Waals surface area (Å²) in [6.45, 7) is 5.59. The van der Waals surface area contributed by atoms with Gasteiger partial charge in [-0.3, -0.25) is 4.79 Å². The highest BCUT2D eigenvalue weighted by Crippen LogP contribution is 2.17. The van der Waals surface area contributed by atoms with Gasteiger partial charge in [0.2, 0.25) is 5.91 Å². The number of anilines is 1. The number of carbonyl (C=O) groups is 1. The van der Waals surface area contributed by atoms with E-state index in [4.69, 9.17) is 0 Å². The summed E-state index contributed by atoms with van der Waals surface area (Å²) in [5, 5.41) is 3.30. The van der Waals surface area contributed by atoms with Gasteiger partial charge in [-0.1, -0.05) is 37.3 Å². The van der Waals surface area contributed by atoms with Gasteiger partial charge >= 0.3 is 0 Å². The molecule has 0 bridgehead atoms. The molecule has 0 radical (unpaired) electrons. The summed E-state index contributed by atoms with van der Waals surface area (Å²) in [5.74, 6) is 1.68. The lowest BCUT2D eigenvalue weighted by atomic mass is 10.1. The lowest BCUT2D eigenvalue weighted by molar-refractivity contribution is -0.128. The highest BCUT2D eigenvalue weighted by atomic mass is 16.2. The van der Waals surface area contributed by atoms with Crippen molar-refractivity contribution in [2.24, 2.45) is 0 Å². The zero-order valence-electron chi connectivity index (χ0n) is 15.0. The number of carbonyl (C=O) groups excluding carboxylic acids is 1. The molecular formula is C20H26N4O. The second kappa shape index (κ2) is 8.10. The minimum absolute atomic E-state index is 0.171. The number of amides is 1. The summed E-state index contributed by atoms with van der Waals surface area (Å²) in [7, 11) is 0. The topological polar surface area (TPSA) is 58.1 Å². The minimum Gasteiger partial charge on any atom is -0.358 e. The Morgan fingerprint density at radius 1 is 1.24 bits per heavy atom. The molecule has 2 heterocycles. The van der Waals surface area contributed by atoms with Crippen LogP contribution in [0.2, 0.25) is 0 Å². The summed E-state index contributed by atoms with van der Waals surface area (Å²) in [6, 6.07) is 12.2. The van der Waals surface area contributed by atoms with Crippen LogP contribution in [0.1, 0.15) is 36.8 Å². The Balaban J connectivity index is 1.52. The maximum atomic E-state index is 12.6. The van der Waals surface area contributed by atoms with Crippen LogP contribution in [-0.2, 0) is 17.6 Å². The fourth-order valence-electron chi connectivity index (χ4n) is 3.28. The van der Waals surface area contributed by atoms with Crippen molar-refractivity contribution in [3.05, 3.63) is 53.5 Å². The van der Waals surface area contributed by atoms with Crippen molar-refractivity contribution in [2.45, 2.75) is 45.6 Å². The molecule has 1 saturated heterocycles. The fraction of sp³-hybridized carbons (Fsp3) is 0.450. The Kier molecular flexibility index (Phi) is 5.64. The van der Waals surface area contributed by atoms with Crippen LogP contribution in [0.15, 0.2) is 36.4 Å². The Labute approximate surface area is 149 Å². The monoisotopic (exact) mass is 338 g/mol. The second-order valence-electron chi connectivity index (χ2n) is 6.55. The summed E-state index contributed by atoms with van der Waals surface area (Å²) in [6.07, 6.45) is 3.69. The van der Waals surface area contributed by atoms with Crippen LogP contribution in [0.5, 0.6) is 0 Å². The van der Waals surface area contributed by atoms with Crippen molar-refractivity contribution >= 4 is 11.7 Å². The highest BCUT2D eigenvalue weighted by Gasteiger charge is 2.31. The van der Waals surface area contributed by atoms with Gasteiger partial charge in [0.05, 0.1) is 0 Å². The number of hydrogen-bond donors (Lipinski definition) is 1. The molecule has 0 saturated carbocycles. The first-order valence-electron chi connectivity index (χ1n) is 9.09. The van der Waals surface area contributed by atoms with Gasteiger partial charge in [-0.25, -0.2) is 9.97 Å². The van der Waals surface area contributed by atoms with E-state index in [1.54, 1.807) is 0 Å². The van der Waals surface area contributed by atoms with Gasteiger partial charge in [0.1, 0.15) is 17.7 Å². The van der Waals surface area contributed by atoms with Crippen molar-refractivity contribution < 1.29 is 4.79 Å². The van der Waals surface area contributed by atoms with Crippen molar-refractivity contribution in [1.29, 1.82) is 0 Å². The molecule has 1 unspecified atom stereocenters. The number of likely N-dealkylation sites (tertiary alicyclic amines) is 1. The van der Waals surface area contributed by atoms with E-state index >= 15 is 0 Å². The van der Waals surface area contributed by atoms with E-state index in [9.17, 15) is 4.79 Å². The molecule has 3 rings (SSSR count). The van der Waals surface area contributed by atoms with Gasteiger partial charge in [-0.15, -0.1) is 0 Å². The Bertz CT molecular complexity index is 717. The maximum absolute atomic E-state index is 12.6. The Morgan fingerprint density at radius 2 is 2.04 bits per heavy atom. The zero-order chi connectivity index (χ0) is 17.6. The number of nitrogens with zero attached hydrogens (tertiary/aromatic N) is 3. The van der Waals surface area contributed by atoms with Gasteiger partial charge in [-0.05, 0) is 38.2 Å². The third kappa shape index (κ3) is 4.56. The standard InChI is InChI=1S/C20H26N4O/c1-3-17-14-19(22-15(2)21-17)23-18-11-13-24(20(18)25)12-7-10-16-8-5-4-6-9-16/h4-6,8-9,14,18H,3,7,10-13H2,1-2H3,(H,21,22,23). The molecule has 1 aromatic carbocycles. The quantitative estimate of drug-likeness (QED) is 0.843. The summed E-state index contributed by atoms with van der Waals surface area (Å²) >= 11 is 0. The molecule has 132 valence electrons. The maximum Gasteiger partial charge on any atom is 0.245 e. The Morgan fingerprint density at radius 3 is 2.80 bits per heavy atom. The molecule has 1 fully saturated rings. The van der Waals surface area contributed by atoms with Crippen LogP contribution in [0.4, 0.5) is 5.82 Å². The van der Waals surface area contributed by atoms with Crippen molar-refractivity contribution in [3.63, 3.8) is 0 Å². The van der Waals surface area contributed by atoms with Crippen LogP contribution in [-0.4, -0.2) is 39.9 Å². The first kappa shape index (κ1) is 17.4. The van der Waals surface area contributed by atoms with Crippen LogP contribution in [0.25, 0.3) is 0 Å². The number of hydrogen-bond acceptors (Lipinski definition) is 4. The molecule has 1 aromatic heterocycles. The SMILES string of the molecule is CCc1cc(NC2CCN(CCCc3ccccc3)C2=O)nc(C)n1. The van der Waals surface area contributed by atoms with Crippen molar-refractivity contribution in [2.75, 3.05) is 18.4 Å². The van der Waals surface area contributed by atoms with Gasteiger partial charge in [-0.2, -0.15) is 0 Å². The number of rotatable bonds is 7. The van der Waals surface area contributed by atoms with E-state index in [0.29, 0.717) is 0 Å². The smallest absolute Gasteiger partial charge is 0.245 e. The molecular weight excluding hydrogens is 312 g/mol. The molecule has 1 amide bonds. The number of aromatic nitrogens is 2. The minimum atomic E-state index is -0.171. The lowest BCUT2D eigenvalue weighted by Gasteiger charge is -2.17. The highest BCUT2D eigenvalue weighted by molar-refractivity contribution is 5.86. The van der Waals surface area contributed by atoms with Gasteiger partial charge < -0.3 is 10.2 Å². The lowest BCUT2D eigenvalue weighted by Crippen LogP contribution is -2.34. The first-order chi connectivity index (χ1) is 12.2. The normalized spacial score (nSPS) is 17.1. The summed E-state index contributed by atoms with van der Waals surface area (Å²) in [4.78, 5) is 23.4. The molecule has 5 heteroatoms. The Hall–Kier alpha value is -2.43. The average molecular weight is 338 g/mol. The molecule has 0 spiro atoms. The molecule has 1 aliphatic rings. The number of benzene rings is 1. The van der Waals surface area contributed by atoms with Crippen molar-refractivity contribution in [3.8, 4) is 0 Å². The zero-order valence-corrected chi connectivity index (χ0v) is 15.0. The van der Waals surface area contributed by atoms with Crippen molar-refractivity contribution in [1.82, 2.24) is 14.9 Å². The summed E-state index contributed by atoms with van der Waals surface area (Å²) in [5.41, 5.74) is 2.33.